The van der Waals surface area contributed by atoms with E-state index in [0.29, 0.717) is 6.42 Å². The summed E-state index contributed by atoms with van der Waals surface area (Å²) in [6.45, 7) is 5.17. The summed E-state index contributed by atoms with van der Waals surface area (Å²) >= 11 is 0. The fourth-order valence-corrected chi connectivity index (χ4v) is 3.42. The number of nitrogens with zero attached hydrogens (tertiary/aromatic N) is 2. The molecule has 0 bridgehead atoms. The van der Waals surface area contributed by atoms with Crippen molar-refractivity contribution in [3.63, 3.8) is 0 Å². The van der Waals surface area contributed by atoms with E-state index in [1.165, 1.54) is 27.7 Å². The number of aromatic nitrogens is 1. The summed E-state index contributed by atoms with van der Waals surface area (Å²) in [5, 5.41) is 1.35. The Morgan fingerprint density at radius 1 is 1.36 bits per heavy atom. The third-order valence-electron chi connectivity index (χ3n) is 4.52. The SMILES string of the molecule is COCC(=O)CCn1c2c(c3cc(C)ccc31)CN(C)CC2. The molecule has 0 spiro atoms. The first-order valence-corrected chi connectivity index (χ1v) is 7.90. The standard InChI is InChI=1S/C18H24N2O2/c1-13-4-5-17-15(10-13)16-11-19(2)8-7-18(16)20(17)9-6-14(21)12-22-3/h4-5,10H,6-9,11-12H2,1-3H3. The van der Waals surface area contributed by atoms with Gasteiger partial charge in [-0.05, 0) is 31.7 Å². The first kappa shape index (κ1) is 15.3. The third kappa shape index (κ3) is 2.81. The largest absolute Gasteiger partial charge is 0.377 e. The molecule has 22 heavy (non-hydrogen) atoms. The van der Waals surface area contributed by atoms with Gasteiger partial charge in [-0.1, -0.05) is 11.6 Å². The Hall–Kier alpha value is -1.65. The number of hydrogen-bond donors (Lipinski definition) is 0. The molecule has 0 saturated heterocycles. The summed E-state index contributed by atoms with van der Waals surface area (Å²) in [7, 11) is 3.74. The highest BCUT2D eigenvalue weighted by Gasteiger charge is 2.22. The van der Waals surface area contributed by atoms with Crippen LogP contribution in [0.25, 0.3) is 10.9 Å². The topological polar surface area (TPSA) is 34.5 Å². The predicted molar refractivity (Wildman–Crippen MR) is 88.2 cm³/mol. The number of fused-ring (bicyclic) bond motifs is 3. The quantitative estimate of drug-likeness (QED) is 0.851. The van der Waals surface area contributed by atoms with E-state index >= 15 is 0 Å². The van der Waals surface area contributed by atoms with Crippen molar-refractivity contribution in [3.05, 3.63) is 35.0 Å². The van der Waals surface area contributed by atoms with E-state index < -0.39 is 0 Å². The molecule has 0 radical (unpaired) electrons. The van der Waals surface area contributed by atoms with E-state index in [2.05, 4.69) is 41.6 Å². The van der Waals surface area contributed by atoms with E-state index in [-0.39, 0.29) is 12.4 Å². The molecule has 1 aromatic heterocycles. The Bertz CT molecular complexity index is 703. The molecule has 0 saturated carbocycles. The summed E-state index contributed by atoms with van der Waals surface area (Å²) in [6, 6.07) is 6.63. The average molecular weight is 300 g/mol. The number of carbonyl (C=O) groups excluding carboxylic acids is 1. The highest BCUT2D eigenvalue weighted by Crippen LogP contribution is 2.31. The van der Waals surface area contributed by atoms with Gasteiger partial charge >= 0.3 is 0 Å². The highest BCUT2D eigenvalue weighted by atomic mass is 16.5. The van der Waals surface area contributed by atoms with E-state index in [1.807, 2.05) is 0 Å². The number of likely N-dealkylation sites (N-methyl/N-ethyl adjacent to an activating group) is 1. The van der Waals surface area contributed by atoms with Crippen molar-refractivity contribution in [1.82, 2.24) is 9.47 Å². The van der Waals surface area contributed by atoms with Crippen LogP contribution in [0, 0.1) is 6.92 Å². The van der Waals surface area contributed by atoms with Crippen molar-refractivity contribution in [2.45, 2.75) is 32.9 Å². The Labute approximate surface area is 131 Å². The van der Waals surface area contributed by atoms with Gasteiger partial charge in [0.15, 0.2) is 5.78 Å². The number of Topliss-reactive ketones (excluding diaryl/α,β-unsaturated/α-hetero) is 1. The maximum atomic E-state index is 11.8. The number of ether oxygens (including phenoxy) is 1. The van der Waals surface area contributed by atoms with Crippen molar-refractivity contribution in [3.8, 4) is 0 Å². The van der Waals surface area contributed by atoms with Gasteiger partial charge in [-0.25, -0.2) is 0 Å². The van der Waals surface area contributed by atoms with Gasteiger partial charge in [-0.3, -0.25) is 4.79 Å². The molecule has 0 N–H and O–H groups in total. The van der Waals surface area contributed by atoms with Crippen LogP contribution >= 0.6 is 0 Å². The normalized spacial score (nSPS) is 15.2. The Balaban J connectivity index is 2.00. The molecule has 1 aliphatic rings. The van der Waals surface area contributed by atoms with Crippen LogP contribution in [0.3, 0.4) is 0 Å². The Morgan fingerprint density at radius 3 is 2.95 bits per heavy atom. The summed E-state index contributed by atoms with van der Waals surface area (Å²) in [5.74, 6) is 0.165. The van der Waals surface area contributed by atoms with Crippen LogP contribution in [-0.4, -0.2) is 42.6 Å². The molecule has 1 aromatic carbocycles. The van der Waals surface area contributed by atoms with Crippen LogP contribution in [0.1, 0.15) is 23.2 Å². The monoisotopic (exact) mass is 300 g/mol. The smallest absolute Gasteiger partial charge is 0.160 e. The molecule has 2 heterocycles. The van der Waals surface area contributed by atoms with Crippen LogP contribution in [0.5, 0.6) is 0 Å². The average Bonchev–Trinajstić information content (AvgIpc) is 2.78. The first-order valence-electron chi connectivity index (χ1n) is 7.90. The van der Waals surface area contributed by atoms with Crippen molar-refractivity contribution >= 4 is 16.7 Å². The number of carbonyl (C=O) groups is 1. The second-order valence-corrected chi connectivity index (χ2v) is 6.31. The summed E-state index contributed by atoms with van der Waals surface area (Å²) < 4.78 is 7.29. The molecular weight excluding hydrogens is 276 g/mol. The van der Waals surface area contributed by atoms with Gasteiger partial charge in [0.25, 0.3) is 0 Å². The second kappa shape index (κ2) is 6.23. The number of rotatable bonds is 5. The fraction of sp³-hybridized carbons (Fsp3) is 0.500. The van der Waals surface area contributed by atoms with Gasteiger partial charge in [0.2, 0.25) is 0 Å². The van der Waals surface area contributed by atoms with E-state index in [1.54, 1.807) is 7.11 Å². The van der Waals surface area contributed by atoms with Crippen molar-refractivity contribution in [2.75, 3.05) is 27.3 Å². The summed E-state index contributed by atoms with van der Waals surface area (Å²) in [5.41, 5.74) is 5.39. The number of benzene rings is 1. The lowest BCUT2D eigenvalue weighted by Gasteiger charge is -2.24. The zero-order valence-corrected chi connectivity index (χ0v) is 13.7. The summed E-state index contributed by atoms with van der Waals surface area (Å²) in [6.07, 6.45) is 1.59. The van der Waals surface area contributed by atoms with Crippen molar-refractivity contribution < 1.29 is 9.53 Å². The minimum atomic E-state index is 0.165. The Kier molecular flexibility index (Phi) is 4.32. The van der Waals surface area contributed by atoms with Crippen LogP contribution < -0.4 is 0 Å². The van der Waals surface area contributed by atoms with Crippen molar-refractivity contribution in [2.24, 2.45) is 0 Å². The molecule has 4 nitrogen and oxygen atoms in total. The maximum Gasteiger partial charge on any atom is 0.160 e. The molecular formula is C18H24N2O2. The van der Waals surface area contributed by atoms with Gasteiger partial charge < -0.3 is 14.2 Å². The van der Waals surface area contributed by atoms with Gasteiger partial charge in [-0.2, -0.15) is 0 Å². The molecule has 0 unspecified atom stereocenters. The van der Waals surface area contributed by atoms with Crippen molar-refractivity contribution in [1.29, 1.82) is 0 Å². The molecule has 0 amide bonds. The summed E-state index contributed by atoms with van der Waals surface area (Å²) in [4.78, 5) is 14.2. The second-order valence-electron chi connectivity index (χ2n) is 6.31. The molecule has 3 rings (SSSR count). The minimum Gasteiger partial charge on any atom is -0.377 e. The first-order chi connectivity index (χ1) is 10.6. The highest BCUT2D eigenvalue weighted by molar-refractivity contribution is 5.87. The van der Waals surface area contributed by atoms with Crippen LogP contribution in [0.4, 0.5) is 0 Å². The number of methoxy groups -OCH3 is 1. The molecule has 2 aromatic rings. The number of ketones is 1. The lowest BCUT2D eigenvalue weighted by molar-refractivity contribution is -0.122. The molecule has 0 fully saturated rings. The lowest BCUT2D eigenvalue weighted by atomic mass is 10.0. The van der Waals surface area contributed by atoms with Gasteiger partial charge in [-0.15, -0.1) is 0 Å². The van der Waals surface area contributed by atoms with Crippen LogP contribution in [-0.2, 0) is 29.0 Å². The molecule has 0 aliphatic carbocycles. The van der Waals surface area contributed by atoms with Gasteiger partial charge in [0.05, 0.1) is 0 Å². The van der Waals surface area contributed by atoms with Gasteiger partial charge in [0, 0.05) is 56.2 Å². The molecule has 118 valence electrons. The van der Waals surface area contributed by atoms with Gasteiger partial charge in [0.1, 0.15) is 6.61 Å². The predicted octanol–water partition coefficient (Wildman–Crippen LogP) is 2.54. The molecule has 0 atom stereocenters. The maximum absolute atomic E-state index is 11.8. The van der Waals surface area contributed by atoms with E-state index in [9.17, 15) is 4.79 Å². The zero-order valence-electron chi connectivity index (χ0n) is 13.7. The van der Waals surface area contributed by atoms with Crippen LogP contribution in [0.15, 0.2) is 18.2 Å². The Morgan fingerprint density at radius 2 is 2.18 bits per heavy atom. The molecule has 4 heteroatoms. The number of aryl methyl sites for hydroxylation is 2. The third-order valence-corrected chi connectivity index (χ3v) is 4.52. The zero-order chi connectivity index (χ0) is 15.7. The van der Waals surface area contributed by atoms with Crippen LogP contribution in [0.2, 0.25) is 0 Å². The lowest BCUT2D eigenvalue weighted by Crippen LogP contribution is -2.27. The minimum absolute atomic E-state index is 0.165. The van der Waals surface area contributed by atoms with E-state index in [0.717, 1.165) is 26.1 Å². The fourth-order valence-electron chi connectivity index (χ4n) is 3.42. The number of hydrogen-bond acceptors (Lipinski definition) is 3. The molecule has 1 aliphatic heterocycles. The van der Waals surface area contributed by atoms with E-state index in [4.69, 9.17) is 4.74 Å².